The Kier molecular flexibility index (Phi) is 5.38. The predicted molar refractivity (Wildman–Crippen MR) is 114 cm³/mol. The van der Waals surface area contributed by atoms with Crippen molar-refractivity contribution in [2.45, 2.75) is 13.2 Å². The number of ether oxygens (including phenoxy) is 1. The first-order chi connectivity index (χ1) is 14.2. The molecule has 0 saturated heterocycles. The van der Waals surface area contributed by atoms with Crippen molar-refractivity contribution in [3.8, 4) is 5.75 Å². The van der Waals surface area contributed by atoms with Gasteiger partial charge in [0.25, 0.3) is 5.56 Å². The van der Waals surface area contributed by atoms with Crippen LogP contribution in [-0.2, 0) is 17.9 Å². The van der Waals surface area contributed by atoms with Crippen LogP contribution in [0.25, 0.3) is 10.8 Å². The number of carbonyl (C=O) groups is 1. The van der Waals surface area contributed by atoms with Gasteiger partial charge in [-0.2, -0.15) is 0 Å². The van der Waals surface area contributed by atoms with Crippen LogP contribution in [-0.4, -0.2) is 10.5 Å². The number of nitrogens with zero attached hydrogens (tertiary/aromatic N) is 1. The average molecular weight is 384 g/mol. The quantitative estimate of drug-likeness (QED) is 0.541. The monoisotopic (exact) mass is 384 g/mol. The van der Waals surface area contributed by atoms with Crippen LogP contribution < -0.4 is 15.6 Å². The third-order valence-electron chi connectivity index (χ3n) is 4.59. The minimum atomic E-state index is -0.264. The van der Waals surface area contributed by atoms with Gasteiger partial charge in [-0.1, -0.05) is 48.5 Å². The van der Waals surface area contributed by atoms with Crippen LogP contribution in [0.1, 0.15) is 5.56 Å². The summed E-state index contributed by atoms with van der Waals surface area (Å²) in [6.45, 7) is 0.438. The number of fused-ring (bicyclic) bond motifs is 1. The summed E-state index contributed by atoms with van der Waals surface area (Å²) in [5.41, 5.74) is 1.56. The number of rotatable bonds is 6. The number of benzene rings is 3. The minimum absolute atomic E-state index is 0.0457. The molecule has 0 unspecified atom stereocenters. The Balaban J connectivity index is 1.37. The normalized spacial score (nSPS) is 10.6. The molecule has 5 nitrogen and oxygen atoms in total. The SMILES string of the molecule is O=C(Cn1ccc2ccccc2c1=O)Nc1ccc(OCc2ccccc2)cc1. The first-order valence-electron chi connectivity index (χ1n) is 9.34. The van der Waals surface area contributed by atoms with Gasteiger partial charge >= 0.3 is 0 Å². The summed E-state index contributed by atoms with van der Waals surface area (Å²) in [5, 5.41) is 4.27. The summed E-state index contributed by atoms with van der Waals surface area (Å²) in [4.78, 5) is 24.9. The van der Waals surface area contributed by atoms with E-state index in [4.69, 9.17) is 4.74 Å². The van der Waals surface area contributed by atoms with E-state index < -0.39 is 0 Å². The van der Waals surface area contributed by atoms with Gasteiger partial charge < -0.3 is 14.6 Å². The molecule has 0 radical (unpaired) electrons. The van der Waals surface area contributed by atoms with Gasteiger partial charge in [-0.3, -0.25) is 9.59 Å². The number of carbonyl (C=O) groups excluding carboxylic acids is 1. The molecule has 1 aromatic heterocycles. The summed E-state index contributed by atoms with van der Waals surface area (Å²) in [5.74, 6) is 0.456. The Hall–Kier alpha value is -3.86. The highest BCUT2D eigenvalue weighted by atomic mass is 16.5. The fourth-order valence-electron chi connectivity index (χ4n) is 3.08. The Labute approximate surface area is 168 Å². The van der Waals surface area contributed by atoms with Crippen LogP contribution in [0.15, 0.2) is 95.9 Å². The zero-order chi connectivity index (χ0) is 20.1. The molecule has 0 bridgehead atoms. The average Bonchev–Trinajstić information content (AvgIpc) is 2.76. The Morgan fingerprint density at radius 1 is 0.862 bits per heavy atom. The second-order valence-electron chi connectivity index (χ2n) is 6.68. The lowest BCUT2D eigenvalue weighted by Crippen LogP contribution is -2.27. The lowest BCUT2D eigenvalue weighted by atomic mass is 10.2. The molecule has 4 rings (SSSR count). The Morgan fingerprint density at radius 2 is 1.59 bits per heavy atom. The largest absolute Gasteiger partial charge is 0.489 e. The van der Waals surface area contributed by atoms with Crippen LogP contribution in [0.4, 0.5) is 5.69 Å². The van der Waals surface area contributed by atoms with Crippen LogP contribution in [0.5, 0.6) is 5.75 Å². The van der Waals surface area contributed by atoms with Crippen molar-refractivity contribution >= 4 is 22.4 Å². The summed E-state index contributed by atoms with van der Waals surface area (Å²) in [6.07, 6.45) is 1.64. The second kappa shape index (κ2) is 8.44. The molecular formula is C24H20N2O3. The zero-order valence-electron chi connectivity index (χ0n) is 15.7. The molecule has 5 heteroatoms. The van der Waals surface area contributed by atoms with Crippen molar-refractivity contribution in [2.24, 2.45) is 0 Å². The van der Waals surface area contributed by atoms with Gasteiger partial charge in [0.2, 0.25) is 5.91 Å². The van der Waals surface area contributed by atoms with Crippen molar-refractivity contribution in [1.82, 2.24) is 4.57 Å². The lowest BCUT2D eigenvalue weighted by molar-refractivity contribution is -0.116. The fraction of sp³-hybridized carbons (Fsp3) is 0.0833. The number of amides is 1. The van der Waals surface area contributed by atoms with E-state index in [1.807, 2.05) is 54.6 Å². The van der Waals surface area contributed by atoms with Gasteiger partial charge in [-0.15, -0.1) is 0 Å². The highest BCUT2D eigenvalue weighted by Crippen LogP contribution is 2.17. The number of hydrogen-bond donors (Lipinski definition) is 1. The van der Waals surface area contributed by atoms with Gasteiger partial charge in [0.05, 0.1) is 0 Å². The summed E-state index contributed by atoms with van der Waals surface area (Å²) >= 11 is 0. The molecule has 1 heterocycles. The number of aromatic nitrogens is 1. The summed E-state index contributed by atoms with van der Waals surface area (Å²) < 4.78 is 7.16. The molecule has 0 aliphatic heterocycles. The first-order valence-corrected chi connectivity index (χ1v) is 9.34. The molecule has 0 aliphatic rings. The summed E-state index contributed by atoms with van der Waals surface area (Å²) in [6, 6.07) is 26.3. The maximum Gasteiger partial charge on any atom is 0.258 e. The minimum Gasteiger partial charge on any atom is -0.489 e. The van der Waals surface area contributed by atoms with E-state index >= 15 is 0 Å². The first kappa shape index (κ1) is 18.5. The molecular weight excluding hydrogens is 364 g/mol. The molecule has 29 heavy (non-hydrogen) atoms. The maximum absolute atomic E-state index is 12.5. The van der Waals surface area contributed by atoms with E-state index in [0.717, 1.165) is 16.7 Å². The van der Waals surface area contributed by atoms with Gasteiger partial charge in [-0.05, 0) is 47.3 Å². The maximum atomic E-state index is 12.5. The van der Waals surface area contributed by atoms with Crippen molar-refractivity contribution < 1.29 is 9.53 Å². The standard InChI is InChI=1S/C24H20N2O3/c27-23(16-26-15-14-19-8-4-5-9-22(19)24(26)28)25-20-10-12-21(13-11-20)29-17-18-6-2-1-3-7-18/h1-15H,16-17H2,(H,25,27). The van der Waals surface area contributed by atoms with Crippen molar-refractivity contribution in [1.29, 1.82) is 0 Å². The van der Waals surface area contributed by atoms with Crippen LogP contribution >= 0.6 is 0 Å². The van der Waals surface area contributed by atoms with E-state index in [0.29, 0.717) is 17.7 Å². The lowest BCUT2D eigenvalue weighted by Gasteiger charge is -2.10. The topological polar surface area (TPSA) is 60.3 Å². The van der Waals surface area contributed by atoms with E-state index in [1.165, 1.54) is 4.57 Å². The van der Waals surface area contributed by atoms with Crippen molar-refractivity contribution in [2.75, 3.05) is 5.32 Å². The number of pyridine rings is 1. The number of anilines is 1. The molecule has 0 aliphatic carbocycles. The third-order valence-corrected chi connectivity index (χ3v) is 4.59. The van der Waals surface area contributed by atoms with Gasteiger partial charge in [0.15, 0.2) is 0 Å². The molecule has 144 valence electrons. The molecule has 4 aromatic rings. The Morgan fingerprint density at radius 3 is 2.38 bits per heavy atom. The number of hydrogen-bond acceptors (Lipinski definition) is 3. The smallest absolute Gasteiger partial charge is 0.258 e. The molecule has 3 aromatic carbocycles. The highest BCUT2D eigenvalue weighted by Gasteiger charge is 2.08. The zero-order valence-corrected chi connectivity index (χ0v) is 15.7. The van der Waals surface area contributed by atoms with Crippen molar-refractivity contribution in [3.63, 3.8) is 0 Å². The van der Waals surface area contributed by atoms with E-state index in [1.54, 1.807) is 36.5 Å². The molecule has 1 amide bonds. The fourth-order valence-corrected chi connectivity index (χ4v) is 3.08. The number of nitrogens with one attached hydrogen (secondary N) is 1. The molecule has 0 atom stereocenters. The van der Waals surface area contributed by atoms with Crippen LogP contribution in [0.3, 0.4) is 0 Å². The second-order valence-corrected chi connectivity index (χ2v) is 6.68. The predicted octanol–water partition coefficient (Wildman–Crippen LogP) is 4.22. The third kappa shape index (κ3) is 4.52. The molecule has 1 N–H and O–H groups in total. The van der Waals surface area contributed by atoms with Gasteiger partial charge in [-0.25, -0.2) is 0 Å². The Bertz CT molecular complexity index is 1180. The van der Waals surface area contributed by atoms with E-state index in [9.17, 15) is 9.59 Å². The van der Waals surface area contributed by atoms with Crippen LogP contribution in [0.2, 0.25) is 0 Å². The molecule has 0 saturated carbocycles. The molecule has 0 fully saturated rings. The van der Waals surface area contributed by atoms with E-state index in [-0.39, 0.29) is 18.0 Å². The summed E-state index contributed by atoms with van der Waals surface area (Å²) in [7, 11) is 0. The molecule has 0 spiro atoms. The van der Waals surface area contributed by atoms with Gasteiger partial charge in [0, 0.05) is 17.3 Å². The van der Waals surface area contributed by atoms with Crippen LogP contribution in [0, 0.1) is 0 Å². The van der Waals surface area contributed by atoms with Gasteiger partial charge in [0.1, 0.15) is 18.9 Å². The van der Waals surface area contributed by atoms with Crippen molar-refractivity contribution in [3.05, 3.63) is 107 Å². The highest BCUT2D eigenvalue weighted by molar-refractivity contribution is 5.91. The van der Waals surface area contributed by atoms with E-state index in [2.05, 4.69) is 5.32 Å².